The van der Waals surface area contributed by atoms with Crippen LogP contribution in [0.4, 0.5) is 4.79 Å². The summed E-state index contributed by atoms with van der Waals surface area (Å²) in [5.74, 6) is -0.680. The second kappa shape index (κ2) is 5.69. The molecule has 0 radical (unpaired) electrons. The third kappa shape index (κ3) is 4.05. The number of halogens is 1. The zero-order chi connectivity index (χ0) is 12.1. The third-order valence-electron chi connectivity index (χ3n) is 1.99. The summed E-state index contributed by atoms with van der Waals surface area (Å²) in [5.41, 5.74) is 5.96. The zero-order valence-electron chi connectivity index (χ0n) is 8.31. The number of primary amides is 1. The first-order valence-corrected chi connectivity index (χ1v) is 5.60. The monoisotopic (exact) mass is 334 g/mol. The fourth-order valence-electron chi connectivity index (χ4n) is 1.23. The highest BCUT2D eigenvalue weighted by atomic mass is 127. The Balaban J connectivity index is 2.71. The van der Waals surface area contributed by atoms with Crippen LogP contribution >= 0.6 is 22.6 Å². The molecule has 86 valence electrons. The van der Waals surface area contributed by atoms with Crippen LogP contribution in [0.2, 0.25) is 0 Å². The molecule has 0 aliphatic rings. The van der Waals surface area contributed by atoms with Crippen molar-refractivity contribution in [2.24, 2.45) is 5.73 Å². The first-order valence-electron chi connectivity index (χ1n) is 4.52. The summed E-state index contributed by atoms with van der Waals surface area (Å²) in [5, 5.41) is 10.6. The van der Waals surface area contributed by atoms with E-state index in [4.69, 9.17) is 10.8 Å². The number of nitrogens with two attached hydrogens (primary N) is 1. The number of hydrogen-bond donors (Lipinski definition) is 3. The highest BCUT2D eigenvalue weighted by Gasteiger charge is 2.17. The molecule has 0 saturated carbocycles. The molecule has 0 fully saturated rings. The molecule has 1 aromatic rings. The van der Waals surface area contributed by atoms with Gasteiger partial charge in [0.15, 0.2) is 0 Å². The normalized spacial score (nSPS) is 11.8. The van der Waals surface area contributed by atoms with Gasteiger partial charge in [-0.15, -0.1) is 0 Å². The first kappa shape index (κ1) is 12.8. The van der Waals surface area contributed by atoms with Crippen molar-refractivity contribution < 1.29 is 14.7 Å². The van der Waals surface area contributed by atoms with Gasteiger partial charge in [-0.25, -0.2) is 4.79 Å². The summed E-state index contributed by atoms with van der Waals surface area (Å²) in [7, 11) is 0. The molecule has 1 rings (SSSR count). The molecule has 0 saturated heterocycles. The van der Waals surface area contributed by atoms with Gasteiger partial charge in [0, 0.05) is 9.99 Å². The van der Waals surface area contributed by atoms with Gasteiger partial charge >= 0.3 is 6.09 Å². The Hall–Kier alpha value is -1.31. The molecule has 1 aromatic carbocycles. The molecule has 0 bridgehead atoms. The van der Waals surface area contributed by atoms with Crippen molar-refractivity contribution in [1.29, 1.82) is 0 Å². The molecule has 1 atom stereocenters. The molecule has 0 unspecified atom stereocenters. The molecule has 16 heavy (non-hydrogen) atoms. The largest absolute Gasteiger partial charge is 0.465 e. The van der Waals surface area contributed by atoms with Gasteiger partial charge in [-0.3, -0.25) is 4.79 Å². The lowest BCUT2D eigenvalue weighted by Crippen LogP contribution is -2.45. The van der Waals surface area contributed by atoms with Gasteiger partial charge in [0.1, 0.15) is 6.04 Å². The van der Waals surface area contributed by atoms with E-state index in [1.165, 1.54) is 0 Å². The van der Waals surface area contributed by atoms with Crippen LogP contribution in [0.3, 0.4) is 0 Å². The summed E-state index contributed by atoms with van der Waals surface area (Å²) in [6.45, 7) is 0. The lowest BCUT2D eigenvalue weighted by Gasteiger charge is -2.13. The molecule has 6 heteroatoms. The molecule has 4 N–H and O–H groups in total. The molecule has 0 heterocycles. The Morgan fingerprint density at radius 3 is 2.38 bits per heavy atom. The summed E-state index contributed by atoms with van der Waals surface area (Å²) < 4.78 is 1.07. The van der Waals surface area contributed by atoms with Crippen LogP contribution in [0.5, 0.6) is 0 Å². The summed E-state index contributed by atoms with van der Waals surface area (Å²) in [6, 6.07) is 6.55. The Labute approximate surface area is 106 Å². The number of rotatable bonds is 4. The van der Waals surface area contributed by atoms with E-state index in [1.807, 2.05) is 24.3 Å². The van der Waals surface area contributed by atoms with E-state index in [0.717, 1.165) is 9.13 Å². The molecule has 0 aliphatic heterocycles. The highest BCUT2D eigenvalue weighted by Crippen LogP contribution is 2.08. The number of hydrogen-bond acceptors (Lipinski definition) is 2. The topological polar surface area (TPSA) is 92.4 Å². The molecular weight excluding hydrogens is 323 g/mol. The number of amides is 2. The Morgan fingerprint density at radius 2 is 1.94 bits per heavy atom. The standard InChI is InChI=1S/C10H11IN2O3/c11-7-3-1-6(2-4-7)5-8(9(12)14)13-10(15)16/h1-4,8,13H,5H2,(H2,12,14)(H,15,16)/t8-/m0/s1. The van der Waals surface area contributed by atoms with Crippen LogP contribution in [0.15, 0.2) is 24.3 Å². The van der Waals surface area contributed by atoms with Gasteiger partial charge in [-0.05, 0) is 40.3 Å². The van der Waals surface area contributed by atoms with Crippen LogP contribution in [0, 0.1) is 3.57 Å². The SMILES string of the molecule is NC(=O)[C@H](Cc1ccc(I)cc1)NC(=O)O. The minimum atomic E-state index is -1.26. The van der Waals surface area contributed by atoms with Crippen molar-refractivity contribution in [3.63, 3.8) is 0 Å². The summed E-state index contributed by atoms with van der Waals surface area (Å²) in [6.07, 6.45) is -0.993. The predicted octanol–water partition coefficient (Wildman–Crippen LogP) is 0.955. The molecule has 5 nitrogen and oxygen atoms in total. The lowest BCUT2D eigenvalue weighted by atomic mass is 10.1. The van der Waals surface area contributed by atoms with Crippen LogP contribution in [0.1, 0.15) is 5.56 Å². The van der Waals surface area contributed by atoms with Crippen molar-refractivity contribution in [3.8, 4) is 0 Å². The van der Waals surface area contributed by atoms with E-state index in [-0.39, 0.29) is 6.42 Å². The molecule has 0 spiro atoms. The van der Waals surface area contributed by atoms with Gasteiger partial charge in [0.05, 0.1) is 0 Å². The Morgan fingerprint density at radius 1 is 1.38 bits per heavy atom. The average Bonchev–Trinajstić information content (AvgIpc) is 2.19. The fraction of sp³-hybridized carbons (Fsp3) is 0.200. The van der Waals surface area contributed by atoms with Crippen molar-refractivity contribution in [2.45, 2.75) is 12.5 Å². The van der Waals surface area contributed by atoms with E-state index in [2.05, 4.69) is 27.9 Å². The lowest BCUT2D eigenvalue weighted by molar-refractivity contribution is -0.119. The predicted molar refractivity (Wildman–Crippen MR) is 67.0 cm³/mol. The number of carbonyl (C=O) groups excluding carboxylic acids is 1. The first-order chi connectivity index (χ1) is 7.49. The van der Waals surface area contributed by atoms with E-state index >= 15 is 0 Å². The second-order valence-electron chi connectivity index (χ2n) is 3.24. The van der Waals surface area contributed by atoms with E-state index in [9.17, 15) is 9.59 Å². The maximum atomic E-state index is 11.0. The van der Waals surface area contributed by atoms with Crippen molar-refractivity contribution >= 4 is 34.6 Å². The van der Waals surface area contributed by atoms with E-state index in [0.29, 0.717) is 0 Å². The minimum absolute atomic E-state index is 0.262. The Kier molecular flexibility index (Phi) is 4.53. The van der Waals surface area contributed by atoms with Gasteiger partial charge in [0.2, 0.25) is 5.91 Å². The van der Waals surface area contributed by atoms with Gasteiger partial charge < -0.3 is 16.2 Å². The van der Waals surface area contributed by atoms with Crippen molar-refractivity contribution in [1.82, 2.24) is 5.32 Å². The van der Waals surface area contributed by atoms with Gasteiger partial charge in [0.25, 0.3) is 0 Å². The highest BCUT2D eigenvalue weighted by molar-refractivity contribution is 14.1. The van der Waals surface area contributed by atoms with Crippen LogP contribution in [-0.2, 0) is 11.2 Å². The number of carbonyl (C=O) groups is 2. The van der Waals surface area contributed by atoms with E-state index < -0.39 is 18.0 Å². The number of nitrogens with one attached hydrogen (secondary N) is 1. The molecule has 0 aliphatic carbocycles. The molecule has 0 aromatic heterocycles. The maximum absolute atomic E-state index is 11.0. The van der Waals surface area contributed by atoms with Gasteiger partial charge in [-0.2, -0.15) is 0 Å². The average molecular weight is 334 g/mol. The smallest absolute Gasteiger partial charge is 0.405 e. The number of benzene rings is 1. The zero-order valence-corrected chi connectivity index (χ0v) is 10.5. The molecular formula is C10H11IN2O3. The fourth-order valence-corrected chi connectivity index (χ4v) is 1.59. The second-order valence-corrected chi connectivity index (χ2v) is 4.48. The van der Waals surface area contributed by atoms with Crippen molar-refractivity contribution in [2.75, 3.05) is 0 Å². The quantitative estimate of drug-likeness (QED) is 0.716. The van der Waals surface area contributed by atoms with Crippen LogP contribution < -0.4 is 11.1 Å². The minimum Gasteiger partial charge on any atom is -0.465 e. The molecule has 2 amide bonds. The van der Waals surface area contributed by atoms with E-state index in [1.54, 1.807) is 0 Å². The van der Waals surface area contributed by atoms with Crippen molar-refractivity contribution in [3.05, 3.63) is 33.4 Å². The summed E-state index contributed by atoms with van der Waals surface area (Å²) in [4.78, 5) is 21.4. The summed E-state index contributed by atoms with van der Waals surface area (Å²) >= 11 is 2.16. The van der Waals surface area contributed by atoms with Crippen LogP contribution in [0.25, 0.3) is 0 Å². The van der Waals surface area contributed by atoms with Gasteiger partial charge in [-0.1, -0.05) is 12.1 Å². The number of carboxylic acid groups (broad SMARTS) is 1. The van der Waals surface area contributed by atoms with Crippen LogP contribution in [-0.4, -0.2) is 23.1 Å². The Bertz CT molecular complexity index is 392. The maximum Gasteiger partial charge on any atom is 0.405 e. The third-order valence-corrected chi connectivity index (χ3v) is 2.71.